The summed E-state index contributed by atoms with van der Waals surface area (Å²) in [4.78, 5) is 10.4. The van der Waals surface area contributed by atoms with Gasteiger partial charge in [0, 0.05) is 43.5 Å². The molecule has 1 saturated heterocycles. The van der Waals surface area contributed by atoms with Crippen molar-refractivity contribution in [2.75, 3.05) is 50.0 Å². The van der Waals surface area contributed by atoms with Gasteiger partial charge in [-0.1, -0.05) is 0 Å². The number of hydrogen-bond donors (Lipinski definition) is 3. The summed E-state index contributed by atoms with van der Waals surface area (Å²) < 4.78 is 85.3. The van der Waals surface area contributed by atoms with E-state index in [-0.39, 0.29) is 28.1 Å². The lowest BCUT2D eigenvalue weighted by atomic mass is 10.1. The lowest BCUT2D eigenvalue weighted by molar-refractivity contribution is -0.274. The van der Waals surface area contributed by atoms with E-state index in [9.17, 15) is 26.0 Å². The van der Waals surface area contributed by atoms with E-state index in [1.54, 1.807) is 0 Å². The van der Waals surface area contributed by atoms with E-state index in [1.165, 1.54) is 18.2 Å². The zero-order valence-electron chi connectivity index (χ0n) is 19.8. The number of fused-ring (bicyclic) bond motifs is 1. The van der Waals surface area contributed by atoms with Crippen LogP contribution in [-0.2, 0) is 14.8 Å². The molecule has 0 unspecified atom stereocenters. The van der Waals surface area contributed by atoms with Gasteiger partial charge in [0.15, 0.2) is 5.75 Å². The summed E-state index contributed by atoms with van der Waals surface area (Å²) in [5.74, 6) is -1.38. The molecule has 2 aromatic carbocycles. The maximum absolute atomic E-state index is 14.5. The van der Waals surface area contributed by atoms with Gasteiger partial charge in [-0.3, -0.25) is 4.90 Å². The van der Waals surface area contributed by atoms with Crippen LogP contribution in [0.5, 0.6) is 5.75 Å². The van der Waals surface area contributed by atoms with Gasteiger partial charge in [0.25, 0.3) is 0 Å². The van der Waals surface area contributed by atoms with Crippen LogP contribution in [0, 0.1) is 5.82 Å². The molecule has 4 rings (SSSR count). The second-order valence-electron chi connectivity index (χ2n) is 8.29. The molecule has 204 valence electrons. The standard InChI is InChI=1S/C23H24F4N6O4S/c24-18-11-15(3-10-38(28,34)35)12-19-17(18)14-30-22(31-19)32-20-13-16(1-2-21(20)37-23(25,26)27)29-4-5-33-6-8-36-9-7-33/h1-3,10-14,29H,4-9H2,(H2,28,34,35)(H,30,31,32)/b10-3+. The average Bonchev–Trinajstić information content (AvgIpc) is 2.83. The number of morpholine rings is 1. The Balaban J connectivity index is 1.58. The maximum Gasteiger partial charge on any atom is 0.573 e. The van der Waals surface area contributed by atoms with Crippen molar-refractivity contribution >= 4 is 44.3 Å². The molecular formula is C23H24F4N6O4S. The molecule has 1 aliphatic rings. The zero-order valence-corrected chi connectivity index (χ0v) is 20.7. The van der Waals surface area contributed by atoms with Crippen LogP contribution in [0.15, 0.2) is 41.9 Å². The van der Waals surface area contributed by atoms with Crippen LogP contribution in [0.4, 0.5) is 34.9 Å². The summed E-state index contributed by atoms with van der Waals surface area (Å²) in [5, 5.41) is 11.5. The monoisotopic (exact) mass is 556 g/mol. The van der Waals surface area contributed by atoms with Gasteiger partial charge in [0.05, 0.1) is 29.8 Å². The van der Waals surface area contributed by atoms with Crippen molar-refractivity contribution in [3.05, 3.63) is 53.3 Å². The minimum atomic E-state index is -4.94. The van der Waals surface area contributed by atoms with Crippen LogP contribution in [0.2, 0.25) is 0 Å². The molecule has 1 aromatic heterocycles. The fourth-order valence-electron chi connectivity index (χ4n) is 3.70. The van der Waals surface area contributed by atoms with Gasteiger partial charge in [-0.25, -0.2) is 27.9 Å². The molecule has 15 heteroatoms. The van der Waals surface area contributed by atoms with Crippen molar-refractivity contribution in [3.63, 3.8) is 0 Å². The van der Waals surface area contributed by atoms with Crippen LogP contribution in [0.25, 0.3) is 17.0 Å². The molecule has 0 spiro atoms. The van der Waals surface area contributed by atoms with Crippen molar-refractivity contribution in [1.82, 2.24) is 14.9 Å². The van der Waals surface area contributed by atoms with E-state index in [1.807, 2.05) is 0 Å². The van der Waals surface area contributed by atoms with Crippen LogP contribution in [-0.4, -0.2) is 69.0 Å². The second-order valence-corrected chi connectivity index (χ2v) is 9.74. The van der Waals surface area contributed by atoms with E-state index < -0.39 is 28.0 Å². The van der Waals surface area contributed by atoms with E-state index >= 15 is 0 Å². The summed E-state index contributed by atoms with van der Waals surface area (Å²) in [7, 11) is -3.94. The molecule has 0 bridgehead atoms. The van der Waals surface area contributed by atoms with Gasteiger partial charge in [0.1, 0.15) is 5.82 Å². The molecule has 2 heterocycles. The van der Waals surface area contributed by atoms with Gasteiger partial charge in [-0.05, 0) is 42.0 Å². The molecule has 10 nitrogen and oxygen atoms in total. The molecule has 0 atom stereocenters. The smallest absolute Gasteiger partial charge is 0.404 e. The van der Waals surface area contributed by atoms with Gasteiger partial charge in [0.2, 0.25) is 16.0 Å². The van der Waals surface area contributed by atoms with Crippen molar-refractivity contribution in [1.29, 1.82) is 0 Å². The molecule has 38 heavy (non-hydrogen) atoms. The number of hydrogen-bond acceptors (Lipinski definition) is 9. The minimum absolute atomic E-state index is 0.0219. The molecular weight excluding hydrogens is 532 g/mol. The number of ether oxygens (including phenoxy) is 2. The van der Waals surface area contributed by atoms with E-state index in [0.29, 0.717) is 37.4 Å². The first-order chi connectivity index (χ1) is 17.9. The van der Waals surface area contributed by atoms with Crippen molar-refractivity contribution < 1.29 is 35.5 Å². The third-order valence-electron chi connectivity index (χ3n) is 5.44. The summed E-state index contributed by atoms with van der Waals surface area (Å²) in [6, 6.07) is 6.47. The molecule has 0 radical (unpaired) electrons. The Hall–Kier alpha value is -3.53. The number of anilines is 3. The van der Waals surface area contributed by atoms with Gasteiger partial charge >= 0.3 is 6.36 Å². The van der Waals surface area contributed by atoms with Crippen LogP contribution in [0.1, 0.15) is 5.56 Å². The third-order valence-corrected chi connectivity index (χ3v) is 5.95. The number of aromatic nitrogens is 2. The molecule has 4 N–H and O–H groups in total. The maximum atomic E-state index is 14.5. The Kier molecular flexibility index (Phi) is 8.30. The largest absolute Gasteiger partial charge is 0.573 e. The Morgan fingerprint density at radius 3 is 2.66 bits per heavy atom. The molecule has 1 aliphatic heterocycles. The molecule has 3 aromatic rings. The average molecular weight is 557 g/mol. The van der Waals surface area contributed by atoms with E-state index in [2.05, 4.69) is 30.2 Å². The summed E-state index contributed by atoms with van der Waals surface area (Å²) in [5.41, 5.74) is 0.678. The van der Waals surface area contributed by atoms with Gasteiger partial charge in [-0.2, -0.15) is 0 Å². The number of nitrogens with one attached hydrogen (secondary N) is 2. The van der Waals surface area contributed by atoms with E-state index in [0.717, 1.165) is 37.5 Å². The van der Waals surface area contributed by atoms with Crippen molar-refractivity contribution in [2.45, 2.75) is 6.36 Å². The topological polar surface area (TPSA) is 132 Å². The first-order valence-corrected chi connectivity index (χ1v) is 12.9. The highest BCUT2D eigenvalue weighted by atomic mass is 32.2. The number of nitrogens with two attached hydrogens (primary N) is 1. The molecule has 0 saturated carbocycles. The lowest BCUT2D eigenvalue weighted by Crippen LogP contribution is -2.39. The first-order valence-electron chi connectivity index (χ1n) is 11.3. The number of benzene rings is 2. The summed E-state index contributed by atoms with van der Waals surface area (Å²) >= 11 is 0. The highest BCUT2D eigenvalue weighted by Crippen LogP contribution is 2.34. The number of rotatable bonds is 9. The third kappa shape index (κ3) is 7.98. The van der Waals surface area contributed by atoms with Gasteiger partial charge < -0.3 is 20.1 Å². The molecule has 1 fully saturated rings. The van der Waals surface area contributed by atoms with Crippen LogP contribution in [0.3, 0.4) is 0 Å². The van der Waals surface area contributed by atoms with Crippen LogP contribution < -0.4 is 20.5 Å². The number of sulfonamides is 1. The Bertz CT molecular complexity index is 1430. The number of alkyl halides is 3. The highest BCUT2D eigenvalue weighted by molar-refractivity contribution is 7.92. The molecule has 0 aliphatic carbocycles. The predicted molar refractivity (Wildman–Crippen MR) is 134 cm³/mol. The summed E-state index contributed by atoms with van der Waals surface area (Å²) in [6.07, 6.45) is -2.70. The van der Waals surface area contributed by atoms with Crippen molar-refractivity contribution in [3.8, 4) is 5.75 Å². The normalized spacial score (nSPS) is 15.2. The predicted octanol–water partition coefficient (Wildman–Crippen LogP) is 3.41. The fraction of sp³-hybridized carbons (Fsp3) is 0.304. The molecule has 0 amide bonds. The highest BCUT2D eigenvalue weighted by Gasteiger charge is 2.32. The minimum Gasteiger partial charge on any atom is -0.404 e. The summed E-state index contributed by atoms with van der Waals surface area (Å²) in [6.45, 7) is 4.15. The van der Waals surface area contributed by atoms with E-state index in [4.69, 9.17) is 9.88 Å². The Morgan fingerprint density at radius 2 is 1.95 bits per heavy atom. The second kappa shape index (κ2) is 11.5. The Labute approximate surface area is 215 Å². The SMILES string of the molecule is NS(=O)(=O)/C=C/c1cc(F)c2cnc(Nc3cc(NCCN4CCOCC4)ccc3OC(F)(F)F)nc2c1. The zero-order chi connectivity index (χ0) is 27.3. The van der Waals surface area contributed by atoms with Gasteiger partial charge in [-0.15, -0.1) is 13.2 Å². The Morgan fingerprint density at radius 1 is 1.18 bits per heavy atom. The first kappa shape index (κ1) is 27.5. The fourth-order valence-corrected chi connectivity index (χ4v) is 4.04. The quantitative estimate of drug-likeness (QED) is 0.339. The number of nitrogens with zero attached hydrogens (tertiary/aromatic N) is 3. The lowest BCUT2D eigenvalue weighted by Gasteiger charge is -2.26. The van der Waals surface area contributed by atoms with Crippen molar-refractivity contribution in [2.24, 2.45) is 5.14 Å². The number of halogens is 4. The number of primary sulfonamides is 1. The van der Waals surface area contributed by atoms with Crippen LogP contribution >= 0.6 is 0 Å².